The predicted molar refractivity (Wildman–Crippen MR) is 124 cm³/mol. The summed E-state index contributed by atoms with van der Waals surface area (Å²) in [6.45, 7) is 1.37. The molecule has 1 aliphatic rings. The number of nitrogens with one attached hydrogen (secondary N) is 2. The lowest BCUT2D eigenvalue weighted by molar-refractivity contribution is -0.120. The maximum absolute atomic E-state index is 13.1. The first-order valence-electron chi connectivity index (χ1n) is 10.8. The predicted octanol–water partition coefficient (Wildman–Crippen LogP) is 3.34. The molecule has 4 heterocycles. The first kappa shape index (κ1) is 20.6. The molecule has 0 aliphatic carbocycles. The van der Waals surface area contributed by atoms with Crippen LogP contribution in [0, 0.1) is 5.92 Å². The summed E-state index contributed by atoms with van der Waals surface area (Å²) in [6.07, 6.45) is 3.27. The van der Waals surface area contributed by atoms with Crippen LogP contribution in [0.3, 0.4) is 0 Å². The summed E-state index contributed by atoms with van der Waals surface area (Å²) < 4.78 is 5.37. The summed E-state index contributed by atoms with van der Waals surface area (Å²) >= 11 is 0. The van der Waals surface area contributed by atoms with Crippen LogP contribution < -0.4 is 15.8 Å². The van der Waals surface area contributed by atoms with Gasteiger partial charge >= 0.3 is 0 Å². The van der Waals surface area contributed by atoms with Gasteiger partial charge in [0.2, 0.25) is 5.91 Å². The average molecular weight is 442 g/mol. The van der Waals surface area contributed by atoms with Gasteiger partial charge < -0.3 is 14.6 Å². The van der Waals surface area contributed by atoms with Gasteiger partial charge in [0.05, 0.1) is 23.6 Å². The van der Waals surface area contributed by atoms with Crippen LogP contribution in [0.5, 0.6) is 0 Å². The number of nitrogens with zero attached hydrogens (tertiary/aromatic N) is 4. The zero-order chi connectivity index (χ0) is 22.6. The zero-order valence-corrected chi connectivity index (χ0v) is 17.8. The van der Waals surface area contributed by atoms with E-state index in [1.165, 1.54) is 6.07 Å². The van der Waals surface area contributed by atoms with Crippen molar-refractivity contribution in [2.45, 2.75) is 12.8 Å². The first-order chi connectivity index (χ1) is 16.2. The van der Waals surface area contributed by atoms with Gasteiger partial charge in [-0.15, -0.1) is 10.2 Å². The molecule has 1 aromatic carbocycles. The number of rotatable bonds is 5. The molecule has 0 radical (unpaired) electrons. The van der Waals surface area contributed by atoms with Gasteiger partial charge in [-0.2, -0.15) is 5.10 Å². The van der Waals surface area contributed by atoms with Gasteiger partial charge in [-0.3, -0.25) is 9.59 Å². The second kappa shape index (κ2) is 9.07. The molecule has 0 bridgehead atoms. The second-order valence-electron chi connectivity index (χ2n) is 7.88. The monoisotopic (exact) mass is 442 g/mol. The molecule has 4 aromatic rings. The van der Waals surface area contributed by atoms with E-state index in [4.69, 9.17) is 4.42 Å². The van der Waals surface area contributed by atoms with E-state index in [9.17, 15) is 9.59 Å². The Kier molecular flexibility index (Phi) is 5.67. The number of carbonyl (C=O) groups is 1. The van der Waals surface area contributed by atoms with Crippen LogP contribution in [-0.2, 0) is 4.79 Å². The smallest absolute Gasteiger partial charge is 0.264 e. The van der Waals surface area contributed by atoms with E-state index in [1.807, 2.05) is 48.5 Å². The van der Waals surface area contributed by atoms with E-state index in [2.05, 4.69) is 30.6 Å². The van der Waals surface area contributed by atoms with Crippen molar-refractivity contribution in [2.24, 2.45) is 5.92 Å². The van der Waals surface area contributed by atoms with E-state index < -0.39 is 0 Å². The fraction of sp³-hybridized carbons (Fsp3) is 0.208. The number of carbonyl (C=O) groups excluding carboxylic acids is 1. The summed E-state index contributed by atoms with van der Waals surface area (Å²) in [5, 5.41) is 18.2. The molecule has 0 unspecified atom stereocenters. The second-order valence-corrected chi connectivity index (χ2v) is 7.88. The molecule has 1 saturated heterocycles. The number of H-pyrrole nitrogens is 1. The number of para-hydroxylation sites is 1. The van der Waals surface area contributed by atoms with E-state index in [0.29, 0.717) is 29.4 Å². The number of amides is 1. The number of piperidine rings is 1. The van der Waals surface area contributed by atoms with Crippen molar-refractivity contribution in [3.63, 3.8) is 0 Å². The average Bonchev–Trinajstić information content (AvgIpc) is 3.40. The van der Waals surface area contributed by atoms with Crippen LogP contribution in [0.1, 0.15) is 12.8 Å². The summed E-state index contributed by atoms with van der Waals surface area (Å²) in [7, 11) is 0. The van der Waals surface area contributed by atoms with Gasteiger partial charge in [0.25, 0.3) is 5.56 Å². The summed E-state index contributed by atoms with van der Waals surface area (Å²) in [6, 6.07) is 17.9. The number of hydrogen-bond acceptors (Lipinski definition) is 7. The van der Waals surface area contributed by atoms with Crippen molar-refractivity contribution in [1.29, 1.82) is 0 Å². The lowest BCUT2D eigenvalue weighted by Gasteiger charge is -2.32. The van der Waals surface area contributed by atoms with Crippen molar-refractivity contribution < 1.29 is 9.21 Å². The van der Waals surface area contributed by atoms with Crippen molar-refractivity contribution in [2.75, 3.05) is 23.3 Å². The van der Waals surface area contributed by atoms with Crippen LogP contribution in [0.15, 0.2) is 76.1 Å². The van der Waals surface area contributed by atoms with Crippen LogP contribution in [0.25, 0.3) is 22.7 Å². The molecule has 5 rings (SSSR count). The molecule has 3 aromatic heterocycles. The summed E-state index contributed by atoms with van der Waals surface area (Å²) in [5.41, 5.74) is 2.38. The van der Waals surface area contributed by atoms with Crippen LogP contribution >= 0.6 is 0 Å². The Labute approximate surface area is 189 Å². The summed E-state index contributed by atoms with van der Waals surface area (Å²) in [5.74, 6) is 1.15. The topological polar surface area (TPSA) is 117 Å². The van der Waals surface area contributed by atoms with E-state index in [1.54, 1.807) is 12.3 Å². The van der Waals surface area contributed by atoms with Crippen LogP contribution in [-0.4, -0.2) is 39.4 Å². The quantitative estimate of drug-likeness (QED) is 0.487. The number of benzene rings is 1. The highest BCUT2D eigenvalue weighted by Gasteiger charge is 2.27. The van der Waals surface area contributed by atoms with Gasteiger partial charge in [0.1, 0.15) is 5.69 Å². The van der Waals surface area contributed by atoms with E-state index in [0.717, 1.165) is 30.8 Å². The minimum absolute atomic E-state index is 0.0586. The molecule has 0 saturated carbocycles. The molecular weight excluding hydrogens is 420 g/mol. The Hall–Kier alpha value is -4.27. The maximum Gasteiger partial charge on any atom is 0.264 e. The molecule has 9 heteroatoms. The van der Waals surface area contributed by atoms with Gasteiger partial charge in [0, 0.05) is 24.7 Å². The fourth-order valence-corrected chi connectivity index (χ4v) is 3.99. The minimum atomic E-state index is -0.275. The molecule has 1 atom stereocenters. The highest BCUT2D eigenvalue weighted by Crippen LogP contribution is 2.28. The molecule has 1 amide bonds. The molecule has 9 nitrogen and oxygen atoms in total. The Balaban J connectivity index is 1.29. The molecule has 2 N–H and O–H groups in total. The van der Waals surface area contributed by atoms with Crippen LogP contribution in [0.4, 0.5) is 11.5 Å². The van der Waals surface area contributed by atoms with Gasteiger partial charge in [0.15, 0.2) is 11.6 Å². The number of anilines is 2. The Morgan fingerprint density at radius 3 is 2.67 bits per heavy atom. The van der Waals surface area contributed by atoms with Gasteiger partial charge in [-0.25, -0.2) is 5.10 Å². The Bertz CT molecular complexity index is 1280. The summed E-state index contributed by atoms with van der Waals surface area (Å²) in [4.78, 5) is 26.6. The lowest BCUT2D eigenvalue weighted by Crippen LogP contribution is -2.41. The Morgan fingerprint density at radius 1 is 1.03 bits per heavy atom. The van der Waals surface area contributed by atoms with Crippen molar-refractivity contribution in [3.05, 3.63) is 77.3 Å². The molecule has 1 aliphatic heterocycles. The number of furan rings is 1. The van der Waals surface area contributed by atoms with Crippen molar-refractivity contribution in [3.8, 4) is 22.7 Å². The third-order valence-corrected chi connectivity index (χ3v) is 5.68. The number of aromatic nitrogens is 4. The normalized spacial score (nSPS) is 15.9. The molecule has 33 heavy (non-hydrogen) atoms. The molecular formula is C24H22N6O3. The highest BCUT2D eigenvalue weighted by molar-refractivity contribution is 5.96. The van der Waals surface area contributed by atoms with E-state index in [-0.39, 0.29) is 17.4 Å². The van der Waals surface area contributed by atoms with Gasteiger partial charge in [-0.05, 0) is 49.2 Å². The largest absolute Gasteiger partial charge is 0.463 e. The maximum atomic E-state index is 13.1. The van der Waals surface area contributed by atoms with Gasteiger partial charge in [-0.1, -0.05) is 18.2 Å². The van der Waals surface area contributed by atoms with Crippen molar-refractivity contribution >= 4 is 17.4 Å². The third kappa shape index (κ3) is 4.52. The lowest BCUT2D eigenvalue weighted by atomic mass is 9.96. The zero-order valence-electron chi connectivity index (χ0n) is 17.8. The third-order valence-electron chi connectivity index (χ3n) is 5.68. The number of aromatic amines is 1. The number of hydrogen-bond donors (Lipinski definition) is 2. The van der Waals surface area contributed by atoms with Crippen LogP contribution in [0.2, 0.25) is 0 Å². The Morgan fingerprint density at radius 2 is 1.91 bits per heavy atom. The molecule has 0 spiro atoms. The first-order valence-corrected chi connectivity index (χ1v) is 10.8. The highest BCUT2D eigenvalue weighted by atomic mass is 16.3. The standard InChI is InChI=1S/C24H22N6O3/c31-23-12-10-19(26-29-23)17-6-1-2-7-18(17)25-24(32)16-5-3-13-30(15-16)22-11-9-20(27-28-22)21-8-4-14-33-21/h1-2,4,6-12,14,16H,3,5,13,15H2,(H,25,32)(H,29,31)/t16-/m0/s1. The molecule has 166 valence electrons. The fourth-order valence-electron chi connectivity index (χ4n) is 3.99. The van der Waals surface area contributed by atoms with Crippen molar-refractivity contribution in [1.82, 2.24) is 20.4 Å². The van der Waals surface area contributed by atoms with E-state index >= 15 is 0 Å². The molecule has 1 fully saturated rings. The SMILES string of the molecule is O=C(Nc1ccccc1-c1ccc(=O)[nH]n1)[C@H]1CCCN(c2ccc(-c3ccco3)nn2)C1. The minimum Gasteiger partial charge on any atom is -0.463 e.